The van der Waals surface area contributed by atoms with E-state index in [1.54, 1.807) is 55.5 Å². The van der Waals surface area contributed by atoms with Gasteiger partial charge in [0.15, 0.2) is 5.78 Å². The zero-order valence-corrected chi connectivity index (χ0v) is 20.3. The van der Waals surface area contributed by atoms with E-state index in [0.717, 1.165) is 17.7 Å². The maximum Gasteiger partial charge on any atom is 0.418 e. The summed E-state index contributed by atoms with van der Waals surface area (Å²) in [5.74, 6) is -2.19. The Kier molecular flexibility index (Phi) is 7.30. The summed E-state index contributed by atoms with van der Waals surface area (Å²) in [5, 5.41) is 2.62. The molecule has 0 spiro atoms. The van der Waals surface area contributed by atoms with Crippen molar-refractivity contribution in [2.45, 2.75) is 26.4 Å². The number of nitrogens with one attached hydrogen (secondary N) is 1. The number of anilines is 1. The quantitative estimate of drug-likeness (QED) is 0.173. The minimum Gasteiger partial charge on any atom is -0.422 e. The van der Waals surface area contributed by atoms with Crippen LogP contribution in [0.1, 0.15) is 29.2 Å². The van der Waals surface area contributed by atoms with Gasteiger partial charge in [0.2, 0.25) is 5.91 Å². The van der Waals surface area contributed by atoms with Crippen molar-refractivity contribution < 1.29 is 31.6 Å². The molecule has 0 fully saturated rings. The van der Waals surface area contributed by atoms with Crippen molar-refractivity contribution in [3.63, 3.8) is 0 Å². The zero-order chi connectivity index (χ0) is 27.6. The molecule has 4 rings (SSSR count). The van der Waals surface area contributed by atoms with Gasteiger partial charge in [-0.2, -0.15) is 13.2 Å². The van der Waals surface area contributed by atoms with Gasteiger partial charge < -0.3 is 9.73 Å². The number of benzene rings is 3. The number of amides is 1. The highest BCUT2D eigenvalue weighted by atomic mass is 19.4. The smallest absolute Gasteiger partial charge is 0.418 e. The SMILES string of the molecule is CC(=O)/C=C/c1cc2c(-c3ccccc3)c(CC(=O)Nc3ccc(F)cc3C(F)(F)F)c(=O)oc2cc1C. The van der Waals surface area contributed by atoms with E-state index >= 15 is 0 Å². The van der Waals surface area contributed by atoms with Gasteiger partial charge in [-0.1, -0.05) is 36.4 Å². The Labute approximate surface area is 214 Å². The Bertz CT molecular complexity index is 1640. The summed E-state index contributed by atoms with van der Waals surface area (Å²) in [6, 6.07) is 13.9. The fraction of sp³-hybridized carbons (Fsp3) is 0.138. The molecule has 0 atom stereocenters. The Morgan fingerprint density at radius 1 is 1.03 bits per heavy atom. The van der Waals surface area contributed by atoms with Crippen LogP contribution in [0, 0.1) is 12.7 Å². The van der Waals surface area contributed by atoms with Crippen molar-refractivity contribution in [2.24, 2.45) is 0 Å². The topological polar surface area (TPSA) is 76.4 Å². The summed E-state index contributed by atoms with van der Waals surface area (Å²) >= 11 is 0. The third-order valence-corrected chi connectivity index (χ3v) is 5.85. The maximum absolute atomic E-state index is 13.5. The predicted octanol–water partition coefficient (Wildman–Crippen LogP) is 6.71. The second-order valence-corrected chi connectivity index (χ2v) is 8.67. The molecule has 0 aliphatic carbocycles. The van der Waals surface area contributed by atoms with E-state index < -0.39 is 41.2 Å². The van der Waals surface area contributed by atoms with Gasteiger partial charge in [-0.05, 0) is 66.9 Å². The highest BCUT2D eigenvalue weighted by Gasteiger charge is 2.34. The molecule has 0 saturated heterocycles. The lowest BCUT2D eigenvalue weighted by molar-refractivity contribution is -0.137. The number of hydrogen-bond acceptors (Lipinski definition) is 4. The van der Waals surface area contributed by atoms with E-state index in [9.17, 15) is 31.9 Å². The van der Waals surface area contributed by atoms with Gasteiger partial charge in [-0.25, -0.2) is 9.18 Å². The number of rotatable bonds is 6. The van der Waals surface area contributed by atoms with Crippen molar-refractivity contribution in [3.8, 4) is 11.1 Å². The van der Waals surface area contributed by atoms with Crippen LogP contribution < -0.4 is 10.9 Å². The number of ketones is 1. The number of aryl methyl sites for hydroxylation is 1. The number of carbonyl (C=O) groups is 2. The third kappa shape index (κ3) is 5.72. The Balaban J connectivity index is 1.85. The first kappa shape index (κ1) is 26.5. The van der Waals surface area contributed by atoms with Gasteiger partial charge in [0.05, 0.1) is 23.2 Å². The normalized spacial score (nSPS) is 11.7. The lowest BCUT2D eigenvalue weighted by Gasteiger charge is -2.16. The van der Waals surface area contributed by atoms with Crippen molar-refractivity contribution in [1.82, 2.24) is 0 Å². The minimum atomic E-state index is -4.91. The molecular formula is C29H21F4NO4. The molecule has 0 aliphatic heterocycles. The van der Waals surface area contributed by atoms with Crippen LogP contribution in [-0.4, -0.2) is 11.7 Å². The first-order valence-corrected chi connectivity index (χ1v) is 11.4. The summed E-state index contributed by atoms with van der Waals surface area (Å²) in [6.45, 7) is 3.19. The molecule has 4 aromatic rings. The molecule has 0 bridgehead atoms. The van der Waals surface area contributed by atoms with Gasteiger partial charge in [0, 0.05) is 10.9 Å². The molecule has 0 radical (unpaired) electrons. The molecule has 1 aromatic heterocycles. The van der Waals surface area contributed by atoms with Crippen LogP contribution in [0.25, 0.3) is 28.2 Å². The molecule has 0 unspecified atom stereocenters. The zero-order valence-electron chi connectivity index (χ0n) is 20.3. The highest BCUT2D eigenvalue weighted by molar-refractivity contribution is 6.01. The molecule has 9 heteroatoms. The lowest BCUT2D eigenvalue weighted by atomic mass is 9.93. The Hall–Kier alpha value is -4.53. The van der Waals surface area contributed by atoms with Crippen LogP contribution in [0.5, 0.6) is 0 Å². The fourth-order valence-electron chi connectivity index (χ4n) is 4.10. The first-order valence-electron chi connectivity index (χ1n) is 11.4. The van der Waals surface area contributed by atoms with E-state index in [-0.39, 0.29) is 23.0 Å². The van der Waals surface area contributed by atoms with Gasteiger partial charge >= 0.3 is 11.8 Å². The first-order chi connectivity index (χ1) is 17.9. The molecule has 5 nitrogen and oxygen atoms in total. The second kappa shape index (κ2) is 10.5. The van der Waals surface area contributed by atoms with E-state index in [4.69, 9.17) is 4.42 Å². The number of hydrogen-bond donors (Lipinski definition) is 1. The summed E-state index contributed by atoms with van der Waals surface area (Å²) in [7, 11) is 0. The van der Waals surface area contributed by atoms with Crippen LogP contribution in [0.4, 0.5) is 23.2 Å². The lowest BCUT2D eigenvalue weighted by Crippen LogP contribution is -2.22. The minimum absolute atomic E-state index is 0.0674. The van der Waals surface area contributed by atoms with E-state index in [1.165, 1.54) is 13.0 Å². The van der Waals surface area contributed by atoms with E-state index in [0.29, 0.717) is 22.1 Å². The molecule has 0 saturated carbocycles. The van der Waals surface area contributed by atoms with Crippen molar-refractivity contribution in [1.29, 1.82) is 0 Å². The largest absolute Gasteiger partial charge is 0.422 e. The van der Waals surface area contributed by atoms with Gasteiger partial charge in [0.1, 0.15) is 11.4 Å². The van der Waals surface area contributed by atoms with Gasteiger partial charge in [-0.3, -0.25) is 9.59 Å². The number of fused-ring (bicyclic) bond motifs is 1. The van der Waals surface area contributed by atoms with Gasteiger partial charge in [0.25, 0.3) is 0 Å². The number of allylic oxidation sites excluding steroid dienone is 1. The number of carbonyl (C=O) groups excluding carboxylic acids is 2. The molecule has 1 N–H and O–H groups in total. The average molecular weight is 523 g/mol. The van der Waals surface area contributed by atoms with Crippen molar-refractivity contribution in [2.75, 3.05) is 5.32 Å². The molecule has 1 amide bonds. The molecule has 3 aromatic carbocycles. The molecular weight excluding hydrogens is 502 g/mol. The van der Waals surface area contributed by atoms with Crippen LogP contribution in [0.3, 0.4) is 0 Å². The summed E-state index contributed by atoms with van der Waals surface area (Å²) in [6.07, 6.45) is -2.51. The molecule has 38 heavy (non-hydrogen) atoms. The van der Waals surface area contributed by atoms with Gasteiger partial charge in [-0.15, -0.1) is 0 Å². The summed E-state index contributed by atoms with van der Waals surface area (Å²) in [5.41, 5.74) is -0.270. The summed E-state index contributed by atoms with van der Waals surface area (Å²) < 4.78 is 59.2. The maximum atomic E-state index is 13.5. The summed E-state index contributed by atoms with van der Waals surface area (Å²) in [4.78, 5) is 37.5. The van der Waals surface area contributed by atoms with Crippen molar-refractivity contribution >= 4 is 34.4 Å². The highest BCUT2D eigenvalue weighted by Crippen LogP contribution is 2.36. The molecule has 194 valence electrons. The second-order valence-electron chi connectivity index (χ2n) is 8.67. The number of halogens is 4. The van der Waals surface area contributed by atoms with Crippen molar-refractivity contribution in [3.05, 3.63) is 105 Å². The van der Waals surface area contributed by atoms with Crippen LogP contribution in [0.2, 0.25) is 0 Å². The fourth-order valence-corrected chi connectivity index (χ4v) is 4.10. The van der Waals surface area contributed by atoms with Crippen LogP contribution in [0.15, 0.2) is 76.0 Å². The third-order valence-electron chi connectivity index (χ3n) is 5.85. The van der Waals surface area contributed by atoms with E-state index in [2.05, 4.69) is 5.32 Å². The van der Waals surface area contributed by atoms with E-state index in [1.807, 2.05) is 0 Å². The Morgan fingerprint density at radius 3 is 2.39 bits per heavy atom. The number of alkyl halides is 3. The molecule has 1 heterocycles. The van der Waals surface area contributed by atoms with Crippen LogP contribution in [-0.2, 0) is 22.2 Å². The Morgan fingerprint density at radius 2 is 1.74 bits per heavy atom. The predicted molar refractivity (Wildman–Crippen MR) is 136 cm³/mol. The average Bonchev–Trinajstić information content (AvgIpc) is 2.84. The monoisotopic (exact) mass is 523 g/mol. The molecule has 0 aliphatic rings. The van der Waals surface area contributed by atoms with Crippen LogP contribution >= 0.6 is 0 Å². The standard InChI is InChI=1S/C29H21F4NO4/c1-16-12-25-21(13-19(16)9-8-17(2)35)27(18-6-4-3-5-7-18)22(28(37)38-25)15-26(36)34-24-11-10-20(30)14-23(24)29(31,32)33/h3-14H,15H2,1-2H3,(H,34,36)/b9-8+.